The number of carbonyl (C=O) groups excluding carboxylic acids is 1. The van der Waals surface area contributed by atoms with Crippen molar-refractivity contribution < 1.29 is 9.53 Å². The Bertz CT molecular complexity index is 837. The number of pyridine rings is 1. The lowest BCUT2D eigenvalue weighted by molar-refractivity contribution is -0.127. The van der Waals surface area contributed by atoms with E-state index >= 15 is 0 Å². The predicted octanol–water partition coefficient (Wildman–Crippen LogP) is 2.64. The quantitative estimate of drug-likeness (QED) is 0.576. The zero-order valence-electron chi connectivity index (χ0n) is 16.8. The molecular weight excluding hydrogens is 386 g/mol. The van der Waals surface area contributed by atoms with Gasteiger partial charge in [-0.1, -0.05) is 17.8 Å². The van der Waals surface area contributed by atoms with Gasteiger partial charge < -0.3 is 15.0 Å². The molecule has 2 aromatic heterocycles. The number of aromatic nitrogens is 3. The molecule has 4 rings (SSSR count). The summed E-state index contributed by atoms with van der Waals surface area (Å²) in [5.41, 5.74) is 0.916. The second-order valence-electron chi connectivity index (χ2n) is 7.80. The van der Waals surface area contributed by atoms with Crippen molar-refractivity contribution in [2.24, 2.45) is 11.8 Å². The van der Waals surface area contributed by atoms with Crippen LogP contribution in [0.5, 0.6) is 0 Å². The molecule has 2 aliphatic rings. The summed E-state index contributed by atoms with van der Waals surface area (Å²) in [6, 6.07) is 7.94. The molecule has 1 saturated carbocycles. The van der Waals surface area contributed by atoms with Crippen molar-refractivity contribution in [1.82, 2.24) is 19.9 Å². The summed E-state index contributed by atoms with van der Waals surface area (Å²) >= 11 is 1.41. The smallest absolute Gasteiger partial charge is 0.233 e. The van der Waals surface area contributed by atoms with Crippen LogP contribution < -0.4 is 5.32 Å². The summed E-state index contributed by atoms with van der Waals surface area (Å²) < 4.78 is 5.78. The number of anilines is 1. The number of likely N-dealkylation sites (tertiary alicyclic amines) is 1. The van der Waals surface area contributed by atoms with Gasteiger partial charge in [-0.25, -0.2) is 15.0 Å². The van der Waals surface area contributed by atoms with Crippen molar-refractivity contribution in [2.75, 3.05) is 31.3 Å². The van der Waals surface area contributed by atoms with Crippen molar-refractivity contribution in [1.29, 1.82) is 0 Å². The van der Waals surface area contributed by atoms with Crippen molar-refractivity contribution >= 4 is 23.5 Å². The number of thioether (sulfide) groups is 1. The summed E-state index contributed by atoms with van der Waals surface area (Å²) in [5.74, 6) is 2.40. The van der Waals surface area contributed by atoms with Crippen LogP contribution in [-0.4, -0.2) is 63.9 Å². The number of methoxy groups -OCH3 is 1. The van der Waals surface area contributed by atoms with Gasteiger partial charge in [0.25, 0.3) is 0 Å². The minimum atomic E-state index is 0.128. The summed E-state index contributed by atoms with van der Waals surface area (Å²) in [6.45, 7) is 3.56. The molecule has 0 radical (unpaired) electrons. The van der Waals surface area contributed by atoms with Crippen LogP contribution in [0.1, 0.15) is 18.5 Å². The lowest BCUT2D eigenvalue weighted by Crippen LogP contribution is -2.44. The molecule has 1 N–H and O–H groups in total. The Morgan fingerprint density at radius 2 is 2.03 bits per heavy atom. The van der Waals surface area contributed by atoms with Gasteiger partial charge in [-0.05, 0) is 49.8 Å². The number of hydrogen-bond donors (Lipinski definition) is 1. The molecule has 4 atom stereocenters. The molecular formula is C21H27N5O2S. The highest BCUT2D eigenvalue weighted by Gasteiger charge is 2.43. The molecule has 1 aliphatic heterocycles. The van der Waals surface area contributed by atoms with Crippen molar-refractivity contribution in [2.45, 2.75) is 37.1 Å². The Morgan fingerprint density at radius 1 is 1.21 bits per heavy atom. The van der Waals surface area contributed by atoms with Gasteiger partial charge in [0.2, 0.25) is 5.91 Å². The van der Waals surface area contributed by atoms with Gasteiger partial charge in [-0.2, -0.15) is 0 Å². The third-order valence-corrected chi connectivity index (χ3v) is 6.71. The van der Waals surface area contributed by atoms with E-state index in [1.54, 1.807) is 19.5 Å². The minimum absolute atomic E-state index is 0.128. The Labute approximate surface area is 175 Å². The minimum Gasteiger partial charge on any atom is -0.379 e. The van der Waals surface area contributed by atoms with Gasteiger partial charge in [0.1, 0.15) is 5.82 Å². The summed E-state index contributed by atoms with van der Waals surface area (Å²) in [7, 11) is 1.77. The first kappa shape index (κ1) is 20.1. The molecule has 3 heterocycles. The molecule has 2 aromatic rings. The van der Waals surface area contributed by atoms with Crippen LogP contribution in [0.4, 0.5) is 5.82 Å². The van der Waals surface area contributed by atoms with E-state index in [0.717, 1.165) is 37.4 Å². The normalized spacial score (nSPS) is 26.2. The number of aryl methyl sites for hydroxylation is 1. The number of amides is 1. The van der Waals surface area contributed by atoms with Crippen LogP contribution in [0.2, 0.25) is 0 Å². The van der Waals surface area contributed by atoms with Gasteiger partial charge in [-0.3, -0.25) is 4.79 Å². The second-order valence-corrected chi connectivity index (χ2v) is 8.74. The molecule has 7 nitrogen and oxygen atoms in total. The summed E-state index contributed by atoms with van der Waals surface area (Å²) in [6.07, 6.45) is 5.60. The molecule has 0 bridgehead atoms. The average Bonchev–Trinajstić information content (AvgIpc) is 3.15. The fourth-order valence-electron chi connectivity index (χ4n) is 4.38. The Balaban J connectivity index is 1.34. The molecule has 8 heteroatoms. The van der Waals surface area contributed by atoms with E-state index in [1.807, 2.05) is 36.1 Å². The first-order valence-electron chi connectivity index (χ1n) is 10.0. The molecule has 1 saturated heterocycles. The standard InChI is InChI=1S/C21H27N5O2S/c1-14-6-8-23-21(24-14)29-13-20(27)26-11-15-9-17(18(28-2)10-16(15)12-26)25-19-5-3-4-7-22-19/h3-8,15-18H,9-13H2,1-2H3,(H,22,25)/t15-,16+,17-,18-/m1/s1. The van der Waals surface area contributed by atoms with Gasteiger partial charge >= 0.3 is 0 Å². The Kier molecular flexibility index (Phi) is 6.30. The van der Waals surface area contributed by atoms with Crippen molar-refractivity contribution in [3.8, 4) is 0 Å². The number of nitrogens with zero attached hydrogens (tertiary/aromatic N) is 4. The number of hydrogen-bond acceptors (Lipinski definition) is 7. The second kappa shape index (κ2) is 9.09. The van der Waals surface area contributed by atoms with E-state index in [1.165, 1.54) is 11.8 Å². The first-order valence-corrected chi connectivity index (χ1v) is 11.0. The number of rotatable bonds is 6. The lowest BCUT2D eigenvalue weighted by Gasteiger charge is -2.37. The highest BCUT2D eigenvalue weighted by Crippen LogP contribution is 2.38. The monoisotopic (exact) mass is 413 g/mol. The molecule has 0 aromatic carbocycles. The largest absolute Gasteiger partial charge is 0.379 e. The fraction of sp³-hybridized carbons (Fsp3) is 0.524. The van der Waals surface area contributed by atoms with Crippen LogP contribution >= 0.6 is 11.8 Å². The number of nitrogens with one attached hydrogen (secondary N) is 1. The molecule has 154 valence electrons. The van der Waals surface area contributed by atoms with Crippen LogP contribution in [0.3, 0.4) is 0 Å². The van der Waals surface area contributed by atoms with Crippen LogP contribution in [0.15, 0.2) is 41.8 Å². The molecule has 1 amide bonds. The SMILES string of the molecule is CO[C@@H]1C[C@H]2CN(C(=O)CSc3nccc(C)n3)C[C@H]2C[C@H]1Nc1ccccn1. The summed E-state index contributed by atoms with van der Waals surface area (Å²) in [5, 5.41) is 4.19. The van der Waals surface area contributed by atoms with E-state index in [2.05, 4.69) is 20.3 Å². The van der Waals surface area contributed by atoms with Crippen LogP contribution in [-0.2, 0) is 9.53 Å². The first-order chi connectivity index (χ1) is 14.1. The topological polar surface area (TPSA) is 80.2 Å². The Hall–Kier alpha value is -2.19. The zero-order valence-corrected chi connectivity index (χ0v) is 17.6. The molecule has 1 aliphatic carbocycles. The molecule has 0 unspecified atom stereocenters. The maximum absolute atomic E-state index is 12.8. The maximum atomic E-state index is 12.8. The van der Waals surface area contributed by atoms with Gasteiger partial charge in [0.05, 0.1) is 17.9 Å². The third kappa shape index (κ3) is 4.87. The van der Waals surface area contributed by atoms with Crippen molar-refractivity contribution in [3.63, 3.8) is 0 Å². The van der Waals surface area contributed by atoms with Gasteiger partial charge in [-0.15, -0.1) is 0 Å². The van der Waals surface area contributed by atoms with E-state index < -0.39 is 0 Å². The fourth-order valence-corrected chi connectivity index (χ4v) is 5.16. The number of fused-ring (bicyclic) bond motifs is 1. The molecule has 0 spiro atoms. The number of carbonyl (C=O) groups is 1. The zero-order chi connectivity index (χ0) is 20.2. The predicted molar refractivity (Wildman–Crippen MR) is 113 cm³/mol. The molecule has 2 fully saturated rings. The van der Waals surface area contributed by atoms with Gasteiger partial charge in [0.15, 0.2) is 5.16 Å². The lowest BCUT2D eigenvalue weighted by atomic mass is 9.77. The maximum Gasteiger partial charge on any atom is 0.233 e. The van der Waals surface area contributed by atoms with E-state index in [9.17, 15) is 4.79 Å². The van der Waals surface area contributed by atoms with E-state index in [0.29, 0.717) is 22.7 Å². The molecule has 29 heavy (non-hydrogen) atoms. The van der Waals surface area contributed by atoms with Gasteiger partial charge in [0, 0.05) is 38.3 Å². The van der Waals surface area contributed by atoms with E-state index in [-0.39, 0.29) is 18.1 Å². The summed E-state index contributed by atoms with van der Waals surface area (Å²) in [4.78, 5) is 27.8. The average molecular weight is 414 g/mol. The van der Waals surface area contributed by atoms with E-state index in [4.69, 9.17) is 4.74 Å². The van der Waals surface area contributed by atoms with Crippen LogP contribution in [0, 0.1) is 18.8 Å². The highest BCUT2D eigenvalue weighted by molar-refractivity contribution is 7.99. The number of ether oxygens (including phenoxy) is 1. The van der Waals surface area contributed by atoms with Crippen molar-refractivity contribution in [3.05, 3.63) is 42.4 Å². The third-order valence-electron chi connectivity index (χ3n) is 5.87. The van der Waals surface area contributed by atoms with Crippen LogP contribution in [0.25, 0.3) is 0 Å². The Morgan fingerprint density at radius 3 is 2.76 bits per heavy atom. The highest BCUT2D eigenvalue weighted by atomic mass is 32.2.